The summed E-state index contributed by atoms with van der Waals surface area (Å²) >= 11 is 1.33. The fourth-order valence-corrected chi connectivity index (χ4v) is 4.10. The standard InChI is InChI=1S/C10H14F3NO2S/c11-10(12,13)6-2-1-3-9(4-6)14-7(5-17-9)8(15)16/h6-7,14H,1-5H2,(H,15,16)/t6?,7-,9?/m0/s1. The van der Waals surface area contributed by atoms with Gasteiger partial charge < -0.3 is 5.11 Å². The summed E-state index contributed by atoms with van der Waals surface area (Å²) < 4.78 is 38.0. The average molecular weight is 269 g/mol. The first-order valence-electron chi connectivity index (χ1n) is 5.54. The molecule has 0 amide bonds. The summed E-state index contributed by atoms with van der Waals surface area (Å²) in [4.78, 5) is 10.1. The fourth-order valence-electron chi connectivity index (χ4n) is 2.55. The number of hydrogen-bond donors (Lipinski definition) is 2. The van der Waals surface area contributed by atoms with Crippen LogP contribution in [0.25, 0.3) is 0 Å². The number of nitrogens with one attached hydrogen (secondary N) is 1. The van der Waals surface area contributed by atoms with E-state index in [1.165, 1.54) is 11.8 Å². The molecule has 2 N–H and O–H groups in total. The molecule has 98 valence electrons. The summed E-state index contributed by atoms with van der Waals surface area (Å²) in [7, 11) is 0. The highest BCUT2D eigenvalue weighted by molar-refractivity contribution is 8.00. The third-order valence-electron chi connectivity index (χ3n) is 3.43. The van der Waals surface area contributed by atoms with Crippen molar-refractivity contribution in [3.63, 3.8) is 0 Å². The third kappa shape index (κ3) is 2.70. The summed E-state index contributed by atoms with van der Waals surface area (Å²) in [5.41, 5.74) is 0. The molecule has 17 heavy (non-hydrogen) atoms. The van der Waals surface area contributed by atoms with Crippen molar-refractivity contribution in [3.8, 4) is 0 Å². The lowest BCUT2D eigenvalue weighted by Gasteiger charge is -2.38. The molecule has 1 spiro atoms. The molecule has 0 aromatic heterocycles. The predicted molar refractivity (Wildman–Crippen MR) is 57.8 cm³/mol. The normalized spacial score (nSPS) is 38.5. The first-order chi connectivity index (χ1) is 7.82. The maximum absolute atomic E-state index is 12.7. The second-order valence-electron chi connectivity index (χ2n) is 4.68. The molecule has 0 bridgehead atoms. The van der Waals surface area contributed by atoms with Crippen LogP contribution in [-0.2, 0) is 4.79 Å². The SMILES string of the molecule is O=C(O)[C@@H]1CSC2(CCCC(C(F)(F)F)C2)N1. The maximum Gasteiger partial charge on any atom is 0.391 e. The summed E-state index contributed by atoms with van der Waals surface area (Å²) in [6.07, 6.45) is -2.91. The number of carboxylic acids is 1. The minimum Gasteiger partial charge on any atom is -0.480 e. The first kappa shape index (κ1) is 13.0. The number of hydrogen-bond acceptors (Lipinski definition) is 3. The fraction of sp³-hybridized carbons (Fsp3) is 0.900. The molecule has 1 heterocycles. The van der Waals surface area contributed by atoms with Crippen molar-refractivity contribution in [1.82, 2.24) is 5.32 Å². The Bertz CT molecular complexity index is 323. The number of rotatable bonds is 1. The predicted octanol–water partition coefficient (Wildman–Crippen LogP) is 2.22. The van der Waals surface area contributed by atoms with Gasteiger partial charge in [0.05, 0.1) is 10.8 Å². The van der Waals surface area contributed by atoms with Gasteiger partial charge in [-0.2, -0.15) is 13.2 Å². The van der Waals surface area contributed by atoms with E-state index in [0.717, 1.165) is 0 Å². The lowest BCUT2D eigenvalue weighted by molar-refractivity contribution is -0.184. The van der Waals surface area contributed by atoms with Crippen LogP contribution in [0.3, 0.4) is 0 Å². The van der Waals surface area contributed by atoms with Crippen molar-refractivity contribution in [1.29, 1.82) is 0 Å². The molecule has 3 nitrogen and oxygen atoms in total. The second-order valence-corrected chi connectivity index (χ2v) is 6.08. The highest BCUT2D eigenvalue weighted by atomic mass is 32.2. The van der Waals surface area contributed by atoms with Crippen LogP contribution in [0.15, 0.2) is 0 Å². The number of aliphatic carboxylic acids is 1. The van der Waals surface area contributed by atoms with Crippen LogP contribution >= 0.6 is 11.8 Å². The van der Waals surface area contributed by atoms with Gasteiger partial charge >= 0.3 is 12.1 Å². The molecule has 1 aliphatic heterocycles. The first-order valence-corrected chi connectivity index (χ1v) is 6.52. The van der Waals surface area contributed by atoms with Gasteiger partial charge in [0.2, 0.25) is 0 Å². The van der Waals surface area contributed by atoms with E-state index in [1.54, 1.807) is 0 Å². The van der Waals surface area contributed by atoms with Crippen LogP contribution in [0.5, 0.6) is 0 Å². The smallest absolute Gasteiger partial charge is 0.391 e. The number of carbonyl (C=O) groups is 1. The van der Waals surface area contributed by atoms with Crippen molar-refractivity contribution >= 4 is 17.7 Å². The Morgan fingerprint density at radius 3 is 2.71 bits per heavy atom. The molecule has 2 rings (SSSR count). The molecular formula is C10H14F3NO2S. The van der Waals surface area contributed by atoms with Crippen LogP contribution < -0.4 is 5.32 Å². The van der Waals surface area contributed by atoms with Crippen molar-refractivity contribution < 1.29 is 23.1 Å². The average Bonchev–Trinajstić information content (AvgIpc) is 2.61. The van der Waals surface area contributed by atoms with Crippen LogP contribution in [-0.4, -0.2) is 33.9 Å². The van der Waals surface area contributed by atoms with Gasteiger partial charge in [0.15, 0.2) is 0 Å². The van der Waals surface area contributed by atoms with E-state index in [-0.39, 0.29) is 12.8 Å². The molecule has 3 atom stereocenters. The molecule has 2 fully saturated rings. The van der Waals surface area contributed by atoms with Gasteiger partial charge in [0, 0.05) is 5.75 Å². The van der Waals surface area contributed by atoms with E-state index < -0.39 is 29.0 Å². The van der Waals surface area contributed by atoms with E-state index >= 15 is 0 Å². The van der Waals surface area contributed by atoms with E-state index in [1.807, 2.05) is 0 Å². The summed E-state index contributed by atoms with van der Waals surface area (Å²) in [6.45, 7) is 0. The molecular weight excluding hydrogens is 255 g/mol. The summed E-state index contributed by atoms with van der Waals surface area (Å²) in [5.74, 6) is -1.94. The van der Waals surface area contributed by atoms with E-state index in [2.05, 4.69) is 5.32 Å². The lowest BCUT2D eigenvalue weighted by atomic mass is 9.84. The zero-order valence-electron chi connectivity index (χ0n) is 9.09. The Morgan fingerprint density at radius 1 is 1.47 bits per heavy atom. The molecule has 2 unspecified atom stereocenters. The number of halogens is 3. The summed E-state index contributed by atoms with van der Waals surface area (Å²) in [6, 6.07) is -0.716. The van der Waals surface area contributed by atoms with Crippen molar-refractivity contribution in [2.24, 2.45) is 5.92 Å². The molecule has 1 aliphatic carbocycles. The highest BCUT2D eigenvalue weighted by Crippen LogP contribution is 2.48. The minimum atomic E-state index is -4.17. The maximum atomic E-state index is 12.7. The Morgan fingerprint density at radius 2 is 2.18 bits per heavy atom. The molecule has 0 radical (unpaired) electrons. The number of carboxylic acid groups (broad SMARTS) is 1. The highest BCUT2D eigenvalue weighted by Gasteiger charge is 2.51. The minimum absolute atomic E-state index is 0.00898. The van der Waals surface area contributed by atoms with E-state index in [4.69, 9.17) is 5.11 Å². The Balaban J connectivity index is 2.05. The van der Waals surface area contributed by atoms with Crippen LogP contribution in [0, 0.1) is 5.92 Å². The number of alkyl halides is 3. The Hall–Kier alpha value is -0.430. The lowest BCUT2D eigenvalue weighted by Crippen LogP contribution is -2.49. The zero-order chi connectivity index (χ0) is 12.7. The largest absolute Gasteiger partial charge is 0.480 e. The van der Waals surface area contributed by atoms with Crippen LogP contribution in [0.2, 0.25) is 0 Å². The summed E-state index contributed by atoms with van der Waals surface area (Å²) in [5, 5.41) is 11.7. The molecule has 1 saturated carbocycles. The van der Waals surface area contributed by atoms with Crippen LogP contribution in [0.1, 0.15) is 25.7 Å². The van der Waals surface area contributed by atoms with Gasteiger partial charge in [-0.15, -0.1) is 11.8 Å². The molecule has 0 aromatic carbocycles. The number of thioether (sulfide) groups is 1. The van der Waals surface area contributed by atoms with Gasteiger partial charge in [-0.3, -0.25) is 10.1 Å². The monoisotopic (exact) mass is 269 g/mol. The molecule has 1 saturated heterocycles. The Labute approximate surface area is 101 Å². The van der Waals surface area contributed by atoms with Crippen molar-refractivity contribution in [2.45, 2.75) is 42.8 Å². The zero-order valence-corrected chi connectivity index (χ0v) is 9.90. The van der Waals surface area contributed by atoms with Gasteiger partial charge in [-0.05, 0) is 19.3 Å². The van der Waals surface area contributed by atoms with Crippen molar-refractivity contribution in [2.75, 3.05) is 5.75 Å². The molecule has 0 aromatic rings. The van der Waals surface area contributed by atoms with Gasteiger partial charge in [-0.25, -0.2) is 0 Å². The van der Waals surface area contributed by atoms with Gasteiger partial charge in [0.1, 0.15) is 6.04 Å². The van der Waals surface area contributed by atoms with Gasteiger partial charge in [-0.1, -0.05) is 6.42 Å². The quantitative estimate of drug-likeness (QED) is 0.766. The Kier molecular flexibility index (Phi) is 3.33. The molecule has 7 heteroatoms. The van der Waals surface area contributed by atoms with E-state index in [0.29, 0.717) is 18.6 Å². The third-order valence-corrected chi connectivity index (χ3v) is 4.98. The topological polar surface area (TPSA) is 49.3 Å². The van der Waals surface area contributed by atoms with Gasteiger partial charge in [0.25, 0.3) is 0 Å². The second kappa shape index (κ2) is 4.35. The van der Waals surface area contributed by atoms with E-state index in [9.17, 15) is 18.0 Å². The van der Waals surface area contributed by atoms with Crippen LogP contribution in [0.4, 0.5) is 13.2 Å². The van der Waals surface area contributed by atoms with Crippen molar-refractivity contribution in [3.05, 3.63) is 0 Å². The molecule has 2 aliphatic rings.